The molecule has 1 aromatic carbocycles. The molecule has 0 radical (unpaired) electrons. The van der Waals surface area contributed by atoms with Crippen LogP contribution in [0.5, 0.6) is 0 Å². The molecule has 9 heteroatoms. The van der Waals surface area contributed by atoms with Crippen molar-refractivity contribution in [1.29, 1.82) is 0 Å². The van der Waals surface area contributed by atoms with Crippen LogP contribution in [-0.4, -0.2) is 26.1 Å². The van der Waals surface area contributed by atoms with Crippen LogP contribution in [0.1, 0.15) is 12.0 Å². The first kappa shape index (κ1) is 15.5. The molecule has 0 aromatic heterocycles. The van der Waals surface area contributed by atoms with Gasteiger partial charge in [-0.1, -0.05) is 17.0 Å². The normalized spacial score (nSPS) is 10.1. The molecule has 0 saturated carbocycles. The van der Waals surface area contributed by atoms with Crippen LogP contribution >= 0.6 is 0 Å². The molecule has 0 spiro atoms. The molecule has 0 aliphatic heterocycles. The molecule has 0 aliphatic rings. The fourth-order valence-corrected chi connectivity index (χ4v) is 1.95. The molecular formula is C11H10N4O4S. The minimum atomic E-state index is -3.52. The maximum absolute atomic E-state index is 11.3. The molecule has 0 heterocycles. The fraction of sp³-hybridized carbons (Fsp3) is 0.273. The molecule has 0 atom stereocenters. The summed E-state index contributed by atoms with van der Waals surface area (Å²) in [4.78, 5) is 12.6. The molecule has 1 aromatic rings. The Balaban J connectivity index is 3.14. The molecule has 0 saturated heterocycles. The lowest BCUT2D eigenvalue weighted by Crippen LogP contribution is -2.00. The highest BCUT2D eigenvalue weighted by Gasteiger charge is 2.17. The zero-order chi connectivity index (χ0) is 15.2. The van der Waals surface area contributed by atoms with Gasteiger partial charge in [0.1, 0.15) is 5.56 Å². The highest BCUT2D eigenvalue weighted by atomic mass is 32.2. The second kappa shape index (κ2) is 6.56. The van der Waals surface area contributed by atoms with E-state index in [9.17, 15) is 18.5 Å². The SMILES string of the molecule is CS(=O)(=O)c1ccc(C#CCCN=[N+]=[N-])c([N+](=O)[O-])c1. The molecule has 0 amide bonds. The number of sulfone groups is 1. The summed E-state index contributed by atoms with van der Waals surface area (Å²) in [5, 5.41) is 14.2. The zero-order valence-corrected chi connectivity index (χ0v) is 11.3. The van der Waals surface area contributed by atoms with Gasteiger partial charge in [0.05, 0.1) is 9.82 Å². The number of azide groups is 1. The second-order valence-corrected chi connectivity index (χ2v) is 5.73. The number of rotatable bonds is 4. The lowest BCUT2D eigenvalue weighted by atomic mass is 10.2. The molecule has 0 aliphatic carbocycles. The van der Waals surface area contributed by atoms with E-state index in [1.54, 1.807) is 0 Å². The first-order chi connectivity index (χ1) is 9.36. The van der Waals surface area contributed by atoms with E-state index in [1.807, 2.05) is 0 Å². The molecular weight excluding hydrogens is 284 g/mol. The van der Waals surface area contributed by atoms with Crippen LogP contribution in [0.3, 0.4) is 0 Å². The summed E-state index contributed by atoms with van der Waals surface area (Å²) < 4.78 is 22.7. The van der Waals surface area contributed by atoms with Crippen molar-refractivity contribution in [3.8, 4) is 11.8 Å². The average Bonchev–Trinajstić information content (AvgIpc) is 2.37. The molecule has 0 unspecified atom stereocenters. The Kier molecular flexibility index (Phi) is 5.08. The van der Waals surface area contributed by atoms with Gasteiger partial charge in [0.15, 0.2) is 9.84 Å². The standard InChI is InChI=1S/C11H10N4O4S/c1-20(18,19)10-6-5-9(11(8-10)15(16)17)4-2-3-7-13-14-12/h5-6,8H,3,7H2,1H3. The Morgan fingerprint density at radius 3 is 2.75 bits per heavy atom. The van der Waals surface area contributed by atoms with Crippen LogP contribution in [0.2, 0.25) is 0 Å². The van der Waals surface area contributed by atoms with Crippen LogP contribution in [0.4, 0.5) is 5.69 Å². The first-order valence-electron chi connectivity index (χ1n) is 5.34. The van der Waals surface area contributed by atoms with E-state index in [2.05, 4.69) is 21.9 Å². The minimum absolute atomic E-state index is 0.114. The summed E-state index contributed by atoms with van der Waals surface area (Å²) in [5.74, 6) is 5.18. The molecule has 0 bridgehead atoms. The number of hydrogen-bond acceptors (Lipinski definition) is 5. The fourth-order valence-electron chi connectivity index (χ4n) is 1.31. The molecule has 1 rings (SSSR count). The number of benzene rings is 1. The summed E-state index contributed by atoms with van der Waals surface area (Å²) in [6, 6.07) is 3.53. The maximum Gasteiger partial charge on any atom is 0.286 e. The molecule has 0 fully saturated rings. The largest absolute Gasteiger partial charge is 0.286 e. The quantitative estimate of drug-likeness (QED) is 0.160. The Morgan fingerprint density at radius 2 is 2.20 bits per heavy atom. The lowest BCUT2D eigenvalue weighted by Gasteiger charge is -2.00. The highest BCUT2D eigenvalue weighted by molar-refractivity contribution is 7.90. The van der Waals surface area contributed by atoms with Gasteiger partial charge in [-0.3, -0.25) is 10.1 Å². The summed E-state index contributed by atoms with van der Waals surface area (Å²) >= 11 is 0. The molecule has 0 N–H and O–H groups in total. The number of nitro groups is 1. The van der Waals surface area contributed by atoms with Crippen molar-refractivity contribution in [3.63, 3.8) is 0 Å². The van der Waals surface area contributed by atoms with Gasteiger partial charge in [0.2, 0.25) is 0 Å². The van der Waals surface area contributed by atoms with Crippen molar-refractivity contribution in [1.82, 2.24) is 0 Å². The van der Waals surface area contributed by atoms with E-state index in [4.69, 9.17) is 5.53 Å². The molecule has 8 nitrogen and oxygen atoms in total. The van der Waals surface area contributed by atoms with Crippen molar-refractivity contribution in [2.75, 3.05) is 12.8 Å². The first-order valence-corrected chi connectivity index (χ1v) is 7.23. The van der Waals surface area contributed by atoms with Crippen molar-refractivity contribution in [2.45, 2.75) is 11.3 Å². The third kappa shape index (κ3) is 4.28. The minimum Gasteiger partial charge on any atom is -0.258 e. The number of nitrogens with zero attached hydrogens (tertiary/aromatic N) is 4. The van der Waals surface area contributed by atoms with Crippen molar-refractivity contribution >= 4 is 15.5 Å². The zero-order valence-electron chi connectivity index (χ0n) is 10.5. The van der Waals surface area contributed by atoms with E-state index in [-0.39, 0.29) is 29.1 Å². The highest BCUT2D eigenvalue weighted by Crippen LogP contribution is 2.22. The second-order valence-electron chi connectivity index (χ2n) is 3.71. The van der Waals surface area contributed by atoms with Crippen molar-refractivity contribution in [2.24, 2.45) is 5.11 Å². The summed E-state index contributed by atoms with van der Waals surface area (Å²) in [6.07, 6.45) is 1.23. The van der Waals surface area contributed by atoms with E-state index in [0.29, 0.717) is 0 Å². The number of nitro benzene ring substituents is 1. The van der Waals surface area contributed by atoms with Crippen LogP contribution in [0, 0.1) is 22.0 Å². The van der Waals surface area contributed by atoms with E-state index < -0.39 is 14.8 Å². The number of hydrogen-bond donors (Lipinski definition) is 0. The van der Waals surface area contributed by atoms with Crippen LogP contribution in [0.25, 0.3) is 10.4 Å². The Bertz CT molecular complexity index is 739. The lowest BCUT2D eigenvalue weighted by molar-refractivity contribution is -0.385. The molecule has 20 heavy (non-hydrogen) atoms. The van der Waals surface area contributed by atoms with Crippen LogP contribution in [0.15, 0.2) is 28.2 Å². The van der Waals surface area contributed by atoms with E-state index >= 15 is 0 Å². The third-order valence-electron chi connectivity index (χ3n) is 2.22. The topological polar surface area (TPSA) is 126 Å². The van der Waals surface area contributed by atoms with Gasteiger partial charge >= 0.3 is 0 Å². The van der Waals surface area contributed by atoms with Gasteiger partial charge in [-0.05, 0) is 17.7 Å². The predicted molar refractivity (Wildman–Crippen MR) is 71.7 cm³/mol. The summed E-state index contributed by atoms with van der Waals surface area (Å²) in [7, 11) is -3.52. The van der Waals surface area contributed by atoms with Crippen molar-refractivity contribution in [3.05, 3.63) is 44.3 Å². The van der Waals surface area contributed by atoms with Crippen molar-refractivity contribution < 1.29 is 13.3 Å². The van der Waals surface area contributed by atoms with E-state index in [1.165, 1.54) is 12.1 Å². The van der Waals surface area contributed by atoms with Gasteiger partial charge in [0, 0.05) is 30.2 Å². The van der Waals surface area contributed by atoms with Crippen LogP contribution < -0.4 is 0 Å². The maximum atomic E-state index is 11.3. The smallest absolute Gasteiger partial charge is 0.258 e. The van der Waals surface area contributed by atoms with Gasteiger partial charge in [0.25, 0.3) is 5.69 Å². The Hall–Kier alpha value is -2.56. The van der Waals surface area contributed by atoms with Gasteiger partial charge in [-0.15, -0.1) is 0 Å². The monoisotopic (exact) mass is 294 g/mol. The average molecular weight is 294 g/mol. The third-order valence-corrected chi connectivity index (χ3v) is 3.33. The van der Waals surface area contributed by atoms with Gasteiger partial charge in [-0.2, -0.15) is 0 Å². The van der Waals surface area contributed by atoms with Gasteiger partial charge in [-0.25, -0.2) is 8.42 Å². The Morgan fingerprint density at radius 1 is 1.50 bits per heavy atom. The summed E-state index contributed by atoms with van der Waals surface area (Å²) in [5.41, 5.74) is 7.81. The van der Waals surface area contributed by atoms with E-state index in [0.717, 1.165) is 12.3 Å². The molecule has 104 valence electrons. The van der Waals surface area contributed by atoms with Gasteiger partial charge < -0.3 is 0 Å². The predicted octanol–water partition coefficient (Wildman–Crippen LogP) is 2.05. The summed E-state index contributed by atoms with van der Waals surface area (Å²) in [6.45, 7) is 0.165. The van der Waals surface area contributed by atoms with Crippen LogP contribution in [-0.2, 0) is 9.84 Å². The Labute approximate surface area is 115 Å².